The van der Waals surface area contributed by atoms with Crippen molar-refractivity contribution in [1.82, 2.24) is 14.9 Å². The molecule has 1 heterocycles. The summed E-state index contributed by atoms with van der Waals surface area (Å²) >= 11 is 0. The molecule has 42 heavy (non-hydrogen) atoms. The van der Waals surface area contributed by atoms with E-state index in [2.05, 4.69) is 36.6 Å². The molecule has 1 aliphatic rings. The van der Waals surface area contributed by atoms with Crippen molar-refractivity contribution in [2.45, 2.75) is 83.6 Å². The Morgan fingerprint density at radius 2 is 1.67 bits per heavy atom. The predicted molar refractivity (Wildman–Crippen MR) is 160 cm³/mol. The van der Waals surface area contributed by atoms with E-state index in [0.29, 0.717) is 31.8 Å². The molecule has 1 aliphatic heterocycles. The molecule has 11 heteroatoms. The summed E-state index contributed by atoms with van der Waals surface area (Å²) in [7, 11) is -3.29. The minimum absolute atomic E-state index is 0.0307. The summed E-state index contributed by atoms with van der Waals surface area (Å²) in [5.41, 5.74) is 1.68. The van der Waals surface area contributed by atoms with Gasteiger partial charge in [0.2, 0.25) is 10.0 Å². The Morgan fingerprint density at radius 3 is 2.21 bits per heavy atom. The van der Waals surface area contributed by atoms with E-state index in [4.69, 9.17) is 4.74 Å². The van der Waals surface area contributed by atoms with Gasteiger partial charge in [0.25, 0.3) is 0 Å². The van der Waals surface area contributed by atoms with E-state index in [1.54, 1.807) is 20.8 Å². The van der Waals surface area contributed by atoms with Crippen LogP contribution in [0.5, 0.6) is 0 Å². The first-order chi connectivity index (χ1) is 19.5. The van der Waals surface area contributed by atoms with E-state index < -0.39 is 45.5 Å². The van der Waals surface area contributed by atoms with Gasteiger partial charge in [0.1, 0.15) is 17.2 Å². The number of benzene rings is 2. The van der Waals surface area contributed by atoms with Gasteiger partial charge in [-0.05, 0) is 80.7 Å². The Balaban J connectivity index is 1.84. The SMILES string of the molecule is CC(C)c1cccc(C(NCC(O)C(Cc2cc(F)cc(F)c2)NC(=O)OC(C)(C)C)C2CCN(S(C)(=O)=O)CC2)c1. The van der Waals surface area contributed by atoms with Gasteiger partial charge in [0.05, 0.1) is 18.4 Å². The highest BCUT2D eigenvalue weighted by Gasteiger charge is 2.32. The Hall–Kier alpha value is -2.60. The van der Waals surface area contributed by atoms with E-state index in [9.17, 15) is 27.1 Å². The lowest BCUT2D eigenvalue weighted by Gasteiger charge is -2.37. The maximum atomic E-state index is 13.9. The van der Waals surface area contributed by atoms with E-state index in [1.807, 2.05) is 12.1 Å². The Kier molecular flexibility index (Phi) is 11.5. The van der Waals surface area contributed by atoms with E-state index in [0.717, 1.165) is 17.2 Å². The third-order valence-corrected chi connectivity index (χ3v) is 8.77. The first-order valence-corrected chi connectivity index (χ1v) is 16.3. The highest BCUT2D eigenvalue weighted by atomic mass is 32.2. The highest BCUT2D eigenvalue weighted by molar-refractivity contribution is 7.88. The van der Waals surface area contributed by atoms with Crippen LogP contribution >= 0.6 is 0 Å². The standard InChI is InChI=1S/C31H45F2N3O5S/c1-20(2)23-8-7-9-24(17-23)29(22-10-12-36(13-11-22)42(6,39)40)34-19-28(37)27(35-30(38)41-31(3,4)5)16-21-14-25(32)18-26(33)15-21/h7-9,14-15,17-18,20,22,27-29,34,37H,10-13,16,19H2,1-6H3,(H,35,38). The summed E-state index contributed by atoms with van der Waals surface area (Å²) < 4.78 is 58.9. The van der Waals surface area contributed by atoms with Gasteiger partial charge in [0, 0.05) is 31.7 Å². The molecule has 0 radical (unpaired) electrons. The number of piperidine rings is 1. The Labute approximate surface area is 248 Å². The van der Waals surface area contributed by atoms with Crippen LogP contribution in [0.4, 0.5) is 13.6 Å². The first-order valence-electron chi connectivity index (χ1n) is 14.4. The molecule has 1 fully saturated rings. The summed E-state index contributed by atoms with van der Waals surface area (Å²) in [6, 6.07) is 10.2. The second-order valence-corrected chi connectivity index (χ2v) is 14.5. The number of carbonyl (C=O) groups excluding carboxylic acids is 1. The van der Waals surface area contributed by atoms with Crippen molar-refractivity contribution in [3.63, 3.8) is 0 Å². The Bertz CT molecular complexity index is 1290. The van der Waals surface area contributed by atoms with Crippen LogP contribution in [0.25, 0.3) is 0 Å². The molecule has 0 aliphatic carbocycles. The van der Waals surface area contributed by atoms with Crippen molar-refractivity contribution in [2.75, 3.05) is 25.9 Å². The van der Waals surface area contributed by atoms with Crippen LogP contribution in [0.3, 0.4) is 0 Å². The topological polar surface area (TPSA) is 108 Å². The van der Waals surface area contributed by atoms with Gasteiger partial charge in [-0.1, -0.05) is 38.1 Å². The lowest BCUT2D eigenvalue weighted by Crippen LogP contribution is -2.51. The van der Waals surface area contributed by atoms with Crippen LogP contribution in [-0.4, -0.2) is 67.6 Å². The number of alkyl carbamates (subject to hydrolysis) is 1. The number of rotatable bonds is 11. The van der Waals surface area contributed by atoms with Gasteiger partial charge >= 0.3 is 6.09 Å². The number of carbonyl (C=O) groups is 1. The van der Waals surface area contributed by atoms with Crippen molar-refractivity contribution in [1.29, 1.82) is 0 Å². The molecule has 3 unspecified atom stereocenters. The summed E-state index contributed by atoms with van der Waals surface area (Å²) in [5.74, 6) is -1.11. The van der Waals surface area contributed by atoms with Crippen molar-refractivity contribution in [3.8, 4) is 0 Å². The minimum Gasteiger partial charge on any atom is -0.444 e. The normalized spacial score (nSPS) is 17.6. The average Bonchev–Trinajstić information content (AvgIpc) is 2.86. The predicted octanol–water partition coefficient (Wildman–Crippen LogP) is 4.89. The average molecular weight is 610 g/mol. The minimum atomic E-state index is -3.29. The molecule has 3 atom stereocenters. The summed E-state index contributed by atoms with van der Waals surface area (Å²) in [6.07, 6.45) is 0.558. The fraction of sp³-hybridized carbons (Fsp3) is 0.581. The summed E-state index contributed by atoms with van der Waals surface area (Å²) in [4.78, 5) is 12.7. The molecule has 234 valence electrons. The monoisotopic (exact) mass is 609 g/mol. The number of hydrogen-bond acceptors (Lipinski definition) is 6. The number of halogens is 2. The van der Waals surface area contributed by atoms with Crippen molar-refractivity contribution < 1.29 is 31.8 Å². The highest BCUT2D eigenvalue weighted by Crippen LogP contribution is 2.33. The van der Waals surface area contributed by atoms with Crippen LogP contribution in [0.2, 0.25) is 0 Å². The van der Waals surface area contributed by atoms with Gasteiger partial charge < -0.3 is 20.5 Å². The second-order valence-electron chi connectivity index (χ2n) is 12.5. The lowest BCUT2D eigenvalue weighted by molar-refractivity contribution is 0.0415. The van der Waals surface area contributed by atoms with Gasteiger partial charge in [-0.25, -0.2) is 26.3 Å². The maximum absolute atomic E-state index is 13.9. The lowest BCUT2D eigenvalue weighted by atomic mass is 9.84. The molecule has 0 spiro atoms. The molecule has 0 bridgehead atoms. The van der Waals surface area contributed by atoms with Crippen LogP contribution in [0.1, 0.15) is 76.1 Å². The Morgan fingerprint density at radius 1 is 1.07 bits per heavy atom. The molecule has 2 aromatic rings. The number of aliphatic hydroxyl groups is 1. The van der Waals surface area contributed by atoms with Gasteiger partial charge in [-0.15, -0.1) is 0 Å². The van der Waals surface area contributed by atoms with Crippen LogP contribution < -0.4 is 10.6 Å². The number of amides is 1. The van der Waals surface area contributed by atoms with Crippen molar-refractivity contribution in [3.05, 3.63) is 70.8 Å². The number of nitrogens with one attached hydrogen (secondary N) is 2. The van der Waals surface area contributed by atoms with E-state index in [1.165, 1.54) is 22.7 Å². The van der Waals surface area contributed by atoms with Crippen LogP contribution in [-0.2, 0) is 21.2 Å². The number of ether oxygens (including phenoxy) is 1. The van der Waals surface area contributed by atoms with Crippen molar-refractivity contribution >= 4 is 16.1 Å². The second kappa shape index (κ2) is 14.2. The maximum Gasteiger partial charge on any atom is 0.407 e. The smallest absolute Gasteiger partial charge is 0.407 e. The van der Waals surface area contributed by atoms with Gasteiger partial charge in [0.15, 0.2) is 0 Å². The zero-order chi connectivity index (χ0) is 31.2. The molecule has 0 aromatic heterocycles. The molecule has 8 nitrogen and oxygen atoms in total. The molecule has 1 amide bonds. The van der Waals surface area contributed by atoms with Crippen molar-refractivity contribution in [2.24, 2.45) is 5.92 Å². The number of hydrogen-bond donors (Lipinski definition) is 3. The molecular formula is C31H45F2N3O5S. The van der Waals surface area contributed by atoms with Gasteiger partial charge in [-0.3, -0.25) is 0 Å². The third-order valence-electron chi connectivity index (χ3n) is 7.47. The first kappa shape index (κ1) is 33.9. The van der Waals surface area contributed by atoms with Crippen LogP contribution in [0, 0.1) is 17.6 Å². The molecule has 1 saturated heterocycles. The number of nitrogens with zero attached hydrogens (tertiary/aromatic N) is 1. The largest absolute Gasteiger partial charge is 0.444 e. The van der Waals surface area contributed by atoms with E-state index in [-0.39, 0.29) is 30.5 Å². The number of aliphatic hydroxyl groups excluding tert-OH is 1. The molecule has 3 N–H and O–H groups in total. The third kappa shape index (κ3) is 10.3. The summed E-state index contributed by atoms with van der Waals surface area (Å²) in [5, 5.41) is 17.5. The zero-order valence-electron chi connectivity index (χ0n) is 25.4. The summed E-state index contributed by atoms with van der Waals surface area (Å²) in [6.45, 7) is 10.2. The molecule has 3 rings (SSSR count). The molecular weight excluding hydrogens is 564 g/mol. The van der Waals surface area contributed by atoms with Crippen LogP contribution in [0.15, 0.2) is 42.5 Å². The van der Waals surface area contributed by atoms with E-state index >= 15 is 0 Å². The fourth-order valence-corrected chi connectivity index (χ4v) is 6.20. The van der Waals surface area contributed by atoms with Gasteiger partial charge in [-0.2, -0.15) is 0 Å². The zero-order valence-corrected chi connectivity index (χ0v) is 26.2. The fourth-order valence-electron chi connectivity index (χ4n) is 5.32. The number of sulfonamides is 1. The molecule has 2 aromatic carbocycles. The quantitative estimate of drug-likeness (QED) is 0.335. The molecule has 0 saturated carbocycles.